The average molecular weight is 398 g/mol. The van der Waals surface area contributed by atoms with E-state index in [1.54, 1.807) is 12.1 Å². The van der Waals surface area contributed by atoms with Crippen molar-refractivity contribution in [1.29, 1.82) is 0 Å². The zero-order valence-electron chi connectivity index (χ0n) is 13.4. The van der Waals surface area contributed by atoms with Crippen molar-refractivity contribution in [3.05, 3.63) is 62.1 Å². The highest BCUT2D eigenvalue weighted by Gasteiger charge is 2.14. The summed E-state index contributed by atoms with van der Waals surface area (Å²) in [6.07, 6.45) is 1.31. The van der Waals surface area contributed by atoms with Crippen molar-refractivity contribution >= 4 is 41.0 Å². The maximum atomic E-state index is 11.8. The summed E-state index contributed by atoms with van der Waals surface area (Å²) in [5, 5.41) is 15.3. The number of carbonyl (C=O) groups excluding carboxylic acids is 1. The number of nitrogens with one attached hydrogen (secondary N) is 1. The number of para-hydroxylation sites is 2. The Labute approximate surface area is 158 Å². The van der Waals surface area contributed by atoms with Gasteiger partial charge in [0.25, 0.3) is 5.91 Å². The third-order valence-corrected chi connectivity index (χ3v) is 3.55. The molecular weight excluding hydrogens is 385 g/mol. The number of benzene rings is 2. The van der Waals surface area contributed by atoms with Crippen molar-refractivity contribution in [1.82, 2.24) is 5.43 Å². The second-order valence-corrected chi connectivity index (χ2v) is 5.66. The normalized spacial score (nSPS) is 10.6. The smallest absolute Gasteiger partial charge is 0.310 e. The predicted molar refractivity (Wildman–Crippen MR) is 97.3 cm³/mol. The van der Waals surface area contributed by atoms with E-state index in [1.165, 1.54) is 37.6 Å². The van der Waals surface area contributed by atoms with Crippen molar-refractivity contribution in [2.45, 2.75) is 0 Å². The van der Waals surface area contributed by atoms with Gasteiger partial charge in [0, 0.05) is 16.7 Å². The molecule has 1 amide bonds. The molecule has 0 aromatic heterocycles. The van der Waals surface area contributed by atoms with Gasteiger partial charge in [0.1, 0.15) is 5.75 Å². The Kier molecular flexibility index (Phi) is 6.76. The van der Waals surface area contributed by atoms with Crippen LogP contribution in [0.1, 0.15) is 5.56 Å². The molecule has 0 aliphatic rings. The molecule has 8 nitrogen and oxygen atoms in total. The summed E-state index contributed by atoms with van der Waals surface area (Å²) >= 11 is 11.9. The fourth-order valence-electron chi connectivity index (χ4n) is 1.97. The van der Waals surface area contributed by atoms with Crippen LogP contribution in [0.15, 0.2) is 41.5 Å². The van der Waals surface area contributed by atoms with Crippen molar-refractivity contribution in [3.8, 4) is 11.5 Å². The van der Waals surface area contributed by atoms with Gasteiger partial charge in [-0.05, 0) is 18.2 Å². The highest BCUT2D eigenvalue weighted by molar-refractivity contribution is 6.36. The number of hydrogen-bond donors (Lipinski definition) is 1. The lowest BCUT2D eigenvalue weighted by molar-refractivity contribution is -0.385. The summed E-state index contributed by atoms with van der Waals surface area (Å²) in [6, 6.07) is 8.81. The van der Waals surface area contributed by atoms with Crippen LogP contribution < -0.4 is 14.9 Å². The Hall–Kier alpha value is -2.84. The van der Waals surface area contributed by atoms with E-state index >= 15 is 0 Å². The molecule has 0 radical (unpaired) electrons. The Balaban J connectivity index is 1.98. The molecule has 10 heteroatoms. The second kappa shape index (κ2) is 9.02. The number of nitro groups is 1. The van der Waals surface area contributed by atoms with Crippen LogP contribution >= 0.6 is 23.2 Å². The SMILES string of the molecule is COc1c(Cl)cc(Cl)cc1/C=N/NC(=O)COc1ccccc1[N+](=O)[O-]. The molecule has 1 N–H and O–H groups in total. The molecule has 26 heavy (non-hydrogen) atoms. The predicted octanol–water partition coefficient (Wildman–Crippen LogP) is 3.44. The van der Waals surface area contributed by atoms with E-state index in [9.17, 15) is 14.9 Å². The molecule has 0 bridgehead atoms. The van der Waals surface area contributed by atoms with Crippen molar-refractivity contribution in [2.24, 2.45) is 5.10 Å². The first-order valence-corrected chi connectivity index (χ1v) is 7.89. The number of hydrogen-bond acceptors (Lipinski definition) is 6. The van der Waals surface area contributed by atoms with Crippen LogP contribution in [0.2, 0.25) is 10.0 Å². The third kappa shape index (κ3) is 5.08. The molecular formula is C16H13Cl2N3O5. The molecule has 136 valence electrons. The number of nitrogens with zero attached hydrogens (tertiary/aromatic N) is 2. The number of nitro benzene ring substituents is 1. The topological polar surface area (TPSA) is 103 Å². The zero-order chi connectivity index (χ0) is 19.1. The molecule has 0 atom stereocenters. The zero-order valence-corrected chi connectivity index (χ0v) is 15.0. The quantitative estimate of drug-likeness (QED) is 0.437. The first kappa shape index (κ1) is 19.5. The monoisotopic (exact) mass is 397 g/mol. The fourth-order valence-corrected chi connectivity index (χ4v) is 2.56. The number of amides is 1. The van der Waals surface area contributed by atoms with Crippen LogP contribution in [0.5, 0.6) is 11.5 Å². The lowest BCUT2D eigenvalue weighted by Gasteiger charge is -2.07. The average Bonchev–Trinajstić information content (AvgIpc) is 2.59. The number of halogens is 2. The van der Waals surface area contributed by atoms with Gasteiger partial charge in [0.15, 0.2) is 12.4 Å². The highest BCUT2D eigenvalue weighted by Crippen LogP contribution is 2.31. The van der Waals surface area contributed by atoms with Gasteiger partial charge in [-0.2, -0.15) is 5.10 Å². The van der Waals surface area contributed by atoms with Gasteiger partial charge in [-0.15, -0.1) is 0 Å². The highest BCUT2D eigenvalue weighted by atomic mass is 35.5. The Morgan fingerprint density at radius 1 is 1.35 bits per heavy atom. The molecule has 0 saturated heterocycles. The van der Waals surface area contributed by atoms with E-state index in [4.69, 9.17) is 32.7 Å². The molecule has 0 spiro atoms. The largest absolute Gasteiger partial charge is 0.495 e. The maximum Gasteiger partial charge on any atom is 0.310 e. The number of hydrazone groups is 1. The summed E-state index contributed by atoms with van der Waals surface area (Å²) < 4.78 is 10.3. The first-order chi connectivity index (χ1) is 12.4. The van der Waals surface area contributed by atoms with Gasteiger partial charge in [0.05, 0.1) is 23.3 Å². The van der Waals surface area contributed by atoms with Gasteiger partial charge in [-0.25, -0.2) is 5.43 Å². The van der Waals surface area contributed by atoms with Gasteiger partial charge >= 0.3 is 5.69 Å². The fraction of sp³-hybridized carbons (Fsp3) is 0.125. The van der Waals surface area contributed by atoms with Gasteiger partial charge in [-0.1, -0.05) is 35.3 Å². The van der Waals surface area contributed by atoms with E-state index in [2.05, 4.69) is 10.5 Å². The van der Waals surface area contributed by atoms with Crippen LogP contribution in [-0.2, 0) is 4.79 Å². The van der Waals surface area contributed by atoms with Crippen LogP contribution in [0.3, 0.4) is 0 Å². The lowest BCUT2D eigenvalue weighted by Crippen LogP contribution is -2.24. The standard InChI is InChI=1S/C16H13Cl2N3O5/c1-25-16-10(6-11(17)7-12(16)18)8-19-20-15(22)9-26-14-5-3-2-4-13(14)21(23)24/h2-8H,9H2,1H3,(H,20,22)/b19-8+. The Morgan fingerprint density at radius 2 is 2.08 bits per heavy atom. The van der Waals surface area contributed by atoms with Crippen LogP contribution in [-0.4, -0.2) is 30.8 Å². The third-order valence-electron chi connectivity index (χ3n) is 3.05. The van der Waals surface area contributed by atoms with Crippen LogP contribution in [0, 0.1) is 10.1 Å². The minimum atomic E-state index is -0.605. The second-order valence-electron chi connectivity index (χ2n) is 4.82. The maximum absolute atomic E-state index is 11.8. The molecule has 0 fully saturated rings. The molecule has 0 saturated carbocycles. The van der Waals surface area contributed by atoms with Gasteiger partial charge < -0.3 is 9.47 Å². The summed E-state index contributed by atoms with van der Waals surface area (Å²) in [5.74, 6) is -0.267. The van der Waals surface area contributed by atoms with Crippen molar-refractivity contribution < 1.29 is 19.2 Å². The summed E-state index contributed by atoms with van der Waals surface area (Å²) in [6.45, 7) is -0.449. The number of methoxy groups -OCH3 is 1. The van der Waals surface area contributed by atoms with E-state index in [0.29, 0.717) is 21.4 Å². The van der Waals surface area contributed by atoms with Gasteiger partial charge in [-0.3, -0.25) is 14.9 Å². The van der Waals surface area contributed by atoms with E-state index in [1.807, 2.05) is 0 Å². The summed E-state index contributed by atoms with van der Waals surface area (Å²) in [4.78, 5) is 22.1. The molecule has 2 aromatic rings. The molecule has 2 rings (SSSR count). The van der Waals surface area contributed by atoms with E-state index in [-0.39, 0.29) is 11.4 Å². The Morgan fingerprint density at radius 3 is 2.77 bits per heavy atom. The number of ether oxygens (including phenoxy) is 2. The summed E-state index contributed by atoms with van der Waals surface area (Å²) in [5.41, 5.74) is 2.46. The first-order valence-electron chi connectivity index (χ1n) is 7.13. The van der Waals surface area contributed by atoms with Crippen LogP contribution in [0.4, 0.5) is 5.69 Å². The van der Waals surface area contributed by atoms with E-state index < -0.39 is 17.4 Å². The number of carbonyl (C=O) groups is 1. The van der Waals surface area contributed by atoms with E-state index in [0.717, 1.165) is 0 Å². The minimum Gasteiger partial charge on any atom is -0.495 e. The molecule has 0 aliphatic carbocycles. The molecule has 0 aliphatic heterocycles. The van der Waals surface area contributed by atoms with Crippen molar-refractivity contribution in [3.63, 3.8) is 0 Å². The van der Waals surface area contributed by atoms with Crippen LogP contribution in [0.25, 0.3) is 0 Å². The summed E-state index contributed by atoms with van der Waals surface area (Å²) in [7, 11) is 1.44. The molecule has 0 unspecified atom stereocenters. The lowest BCUT2D eigenvalue weighted by atomic mass is 10.2. The molecule has 0 heterocycles. The Bertz CT molecular complexity index is 858. The van der Waals surface area contributed by atoms with Gasteiger partial charge in [0.2, 0.25) is 0 Å². The van der Waals surface area contributed by atoms with Crippen molar-refractivity contribution in [2.75, 3.05) is 13.7 Å². The number of rotatable bonds is 7. The molecule has 2 aromatic carbocycles. The minimum absolute atomic E-state index is 0.0140.